The van der Waals surface area contributed by atoms with Crippen LogP contribution in [0.15, 0.2) is 22.6 Å². The van der Waals surface area contributed by atoms with Crippen LogP contribution in [-0.4, -0.2) is 10.7 Å². The van der Waals surface area contributed by atoms with E-state index in [9.17, 15) is 14.9 Å². The molecule has 1 fully saturated rings. The molecule has 1 aromatic carbocycles. The van der Waals surface area contributed by atoms with Gasteiger partial charge in [-0.1, -0.05) is 25.3 Å². The molecule has 0 aliphatic heterocycles. The highest BCUT2D eigenvalue weighted by Crippen LogP contribution is 2.36. The van der Waals surface area contributed by atoms with E-state index in [0.717, 1.165) is 25.7 Å². The third-order valence-corrected chi connectivity index (χ3v) is 4.29. The molecule has 0 radical (unpaired) electrons. The van der Waals surface area contributed by atoms with Crippen LogP contribution >= 0.6 is 0 Å². The number of benzene rings is 1. The Morgan fingerprint density at radius 2 is 2.00 bits per heavy atom. The summed E-state index contributed by atoms with van der Waals surface area (Å²) in [5, 5.41) is 11.6. The number of carbonyl (C=O) groups is 1. The lowest BCUT2D eigenvalue weighted by molar-refractivity contribution is -0.383. The molecule has 5 heteroatoms. The monoisotopic (exact) mass is 287 g/mol. The second kappa shape index (κ2) is 5.31. The van der Waals surface area contributed by atoms with E-state index in [-0.39, 0.29) is 23.0 Å². The van der Waals surface area contributed by atoms with E-state index in [1.54, 1.807) is 19.1 Å². The van der Waals surface area contributed by atoms with Gasteiger partial charge < -0.3 is 4.42 Å². The third-order valence-electron chi connectivity index (χ3n) is 4.29. The molecule has 0 atom stereocenters. The maximum absolute atomic E-state index is 12.7. The smallest absolute Gasteiger partial charge is 0.312 e. The van der Waals surface area contributed by atoms with E-state index in [0.29, 0.717) is 16.7 Å². The van der Waals surface area contributed by atoms with Gasteiger partial charge in [0.05, 0.1) is 10.5 Å². The zero-order chi connectivity index (χ0) is 15.0. The molecule has 0 bridgehead atoms. The van der Waals surface area contributed by atoms with E-state index in [2.05, 4.69) is 0 Å². The molecule has 1 aliphatic carbocycles. The number of fused-ring (bicyclic) bond motifs is 1. The third kappa shape index (κ3) is 2.33. The van der Waals surface area contributed by atoms with Crippen LogP contribution in [0.2, 0.25) is 0 Å². The van der Waals surface area contributed by atoms with Crippen LogP contribution in [0.25, 0.3) is 11.0 Å². The molecule has 21 heavy (non-hydrogen) atoms. The number of nitro groups is 1. The zero-order valence-corrected chi connectivity index (χ0v) is 11.9. The molecule has 1 aliphatic rings. The topological polar surface area (TPSA) is 73.3 Å². The molecule has 110 valence electrons. The normalized spacial score (nSPS) is 16.2. The average molecular weight is 287 g/mol. The van der Waals surface area contributed by atoms with Crippen LogP contribution in [-0.2, 0) is 0 Å². The summed E-state index contributed by atoms with van der Waals surface area (Å²) in [7, 11) is 0. The van der Waals surface area contributed by atoms with Gasteiger partial charge in [-0.15, -0.1) is 0 Å². The first kappa shape index (κ1) is 13.8. The number of para-hydroxylation sites is 1. The van der Waals surface area contributed by atoms with Crippen molar-refractivity contribution in [1.29, 1.82) is 0 Å². The Balaban J connectivity index is 2.10. The van der Waals surface area contributed by atoms with Crippen LogP contribution in [0.5, 0.6) is 0 Å². The van der Waals surface area contributed by atoms with Gasteiger partial charge >= 0.3 is 5.69 Å². The first-order chi connectivity index (χ1) is 10.1. The summed E-state index contributed by atoms with van der Waals surface area (Å²) >= 11 is 0. The molecule has 5 nitrogen and oxygen atoms in total. The predicted molar refractivity (Wildman–Crippen MR) is 78.5 cm³/mol. The van der Waals surface area contributed by atoms with Crippen molar-refractivity contribution in [3.05, 3.63) is 39.6 Å². The Morgan fingerprint density at radius 3 is 2.67 bits per heavy atom. The van der Waals surface area contributed by atoms with Crippen molar-refractivity contribution in [2.45, 2.75) is 39.0 Å². The van der Waals surface area contributed by atoms with Crippen LogP contribution in [0.4, 0.5) is 5.69 Å². The van der Waals surface area contributed by atoms with E-state index in [1.807, 2.05) is 0 Å². The SMILES string of the molecule is Cc1oc2c([N+](=O)[O-])cccc2c1C(=O)C1CCCCC1. The minimum Gasteiger partial charge on any atom is -0.453 e. The fourth-order valence-electron chi connectivity index (χ4n) is 3.24. The second-order valence-corrected chi connectivity index (χ2v) is 5.64. The largest absolute Gasteiger partial charge is 0.453 e. The van der Waals surface area contributed by atoms with Crippen LogP contribution in [0.3, 0.4) is 0 Å². The fraction of sp³-hybridized carbons (Fsp3) is 0.438. The first-order valence-electron chi connectivity index (χ1n) is 7.30. The number of ketones is 1. The maximum atomic E-state index is 12.7. The van der Waals surface area contributed by atoms with E-state index < -0.39 is 4.92 Å². The molecule has 2 aromatic rings. The summed E-state index contributed by atoms with van der Waals surface area (Å²) in [6.07, 6.45) is 5.14. The summed E-state index contributed by atoms with van der Waals surface area (Å²) in [6, 6.07) is 4.74. The highest BCUT2D eigenvalue weighted by Gasteiger charge is 2.29. The Kier molecular flexibility index (Phi) is 3.49. The van der Waals surface area contributed by atoms with Gasteiger partial charge in [0.2, 0.25) is 5.58 Å². The highest BCUT2D eigenvalue weighted by molar-refractivity contribution is 6.10. The van der Waals surface area contributed by atoms with Gasteiger partial charge in [0.15, 0.2) is 5.78 Å². The predicted octanol–water partition coefficient (Wildman–Crippen LogP) is 4.41. The quantitative estimate of drug-likeness (QED) is 0.476. The number of aryl methyl sites for hydroxylation is 1. The van der Waals surface area contributed by atoms with Gasteiger partial charge in [-0.3, -0.25) is 14.9 Å². The molecular formula is C16H17NO4. The molecule has 1 heterocycles. The molecule has 0 amide bonds. The van der Waals surface area contributed by atoms with Gasteiger partial charge in [-0.05, 0) is 25.8 Å². The van der Waals surface area contributed by atoms with E-state index in [4.69, 9.17) is 4.42 Å². The molecule has 0 saturated heterocycles. The highest BCUT2D eigenvalue weighted by atomic mass is 16.6. The number of nitrogens with zero attached hydrogens (tertiary/aromatic N) is 1. The van der Waals surface area contributed by atoms with Crippen molar-refractivity contribution in [3.8, 4) is 0 Å². The lowest BCUT2D eigenvalue weighted by Gasteiger charge is -2.20. The Morgan fingerprint density at radius 1 is 1.29 bits per heavy atom. The van der Waals surface area contributed by atoms with Crippen molar-refractivity contribution >= 4 is 22.4 Å². The van der Waals surface area contributed by atoms with Gasteiger partial charge in [-0.25, -0.2) is 0 Å². The summed E-state index contributed by atoms with van der Waals surface area (Å²) in [5.74, 6) is 0.582. The Labute approximate surface area is 122 Å². The van der Waals surface area contributed by atoms with E-state index >= 15 is 0 Å². The lowest BCUT2D eigenvalue weighted by Crippen LogP contribution is -2.18. The molecule has 0 spiro atoms. The maximum Gasteiger partial charge on any atom is 0.312 e. The van der Waals surface area contributed by atoms with E-state index in [1.165, 1.54) is 12.5 Å². The number of hydrogen-bond donors (Lipinski definition) is 0. The standard InChI is InChI=1S/C16H17NO4/c1-10-14(15(18)11-6-3-2-4-7-11)12-8-5-9-13(17(19)20)16(12)21-10/h5,8-9,11H,2-4,6-7H2,1H3. The van der Waals surface area contributed by atoms with Crippen LogP contribution < -0.4 is 0 Å². The zero-order valence-electron chi connectivity index (χ0n) is 11.9. The summed E-state index contributed by atoms with van der Waals surface area (Å²) in [5.41, 5.74) is 0.651. The van der Waals surface area contributed by atoms with Gasteiger partial charge in [0, 0.05) is 17.4 Å². The van der Waals surface area contributed by atoms with Crippen molar-refractivity contribution in [2.24, 2.45) is 5.92 Å². The molecule has 1 saturated carbocycles. The van der Waals surface area contributed by atoms with Gasteiger partial charge in [-0.2, -0.15) is 0 Å². The van der Waals surface area contributed by atoms with Crippen LogP contribution in [0.1, 0.15) is 48.2 Å². The number of furan rings is 1. The van der Waals surface area contributed by atoms with Crippen LogP contribution in [0, 0.1) is 23.0 Å². The summed E-state index contributed by atoms with van der Waals surface area (Å²) < 4.78 is 5.54. The minimum absolute atomic E-state index is 0.0255. The fourth-order valence-corrected chi connectivity index (χ4v) is 3.24. The van der Waals surface area contributed by atoms with Crippen molar-refractivity contribution in [3.63, 3.8) is 0 Å². The minimum atomic E-state index is -0.472. The first-order valence-corrected chi connectivity index (χ1v) is 7.30. The number of Topliss-reactive ketones (excluding diaryl/α,β-unsaturated/α-hetero) is 1. The Hall–Kier alpha value is -2.17. The second-order valence-electron chi connectivity index (χ2n) is 5.64. The number of hydrogen-bond acceptors (Lipinski definition) is 4. The van der Waals surface area contributed by atoms with Gasteiger partial charge in [0.25, 0.3) is 0 Å². The van der Waals surface area contributed by atoms with Crippen molar-refractivity contribution in [1.82, 2.24) is 0 Å². The number of rotatable bonds is 3. The number of nitro benzene ring substituents is 1. The van der Waals surface area contributed by atoms with Crippen molar-refractivity contribution < 1.29 is 14.1 Å². The van der Waals surface area contributed by atoms with Gasteiger partial charge in [0.1, 0.15) is 5.76 Å². The molecule has 3 rings (SSSR count). The Bertz CT molecular complexity index is 710. The average Bonchev–Trinajstić information content (AvgIpc) is 2.82. The molecule has 0 unspecified atom stereocenters. The number of non-ortho nitro benzene ring substituents is 1. The lowest BCUT2D eigenvalue weighted by atomic mass is 9.83. The summed E-state index contributed by atoms with van der Waals surface area (Å²) in [4.78, 5) is 23.3. The molecule has 1 aromatic heterocycles. The van der Waals surface area contributed by atoms with Crippen molar-refractivity contribution in [2.75, 3.05) is 0 Å². The molecule has 0 N–H and O–H groups in total. The number of carbonyl (C=O) groups excluding carboxylic acids is 1. The molecular weight excluding hydrogens is 270 g/mol. The summed E-state index contributed by atoms with van der Waals surface area (Å²) in [6.45, 7) is 1.71.